The average Bonchev–Trinajstić information content (AvgIpc) is 3.59. The Balaban J connectivity index is 1.27. The molecule has 0 radical (unpaired) electrons. The van der Waals surface area contributed by atoms with Gasteiger partial charge in [0.25, 0.3) is 5.91 Å². The topological polar surface area (TPSA) is 61.8 Å². The summed E-state index contributed by atoms with van der Waals surface area (Å²) in [5.74, 6) is -5.60. The minimum absolute atomic E-state index is 0.0133. The molecule has 0 aromatic heterocycles. The second-order valence-electron chi connectivity index (χ2n) is 10.4. The van der Waals surface area contributed by atoms with Crippen molar-refractivity contribution < 1.29 is 27.8 Å². The van der Waals surface area contributed by atoms with Crippen molar-refractivity contribution in [2.45, 2.75) is 62.7 Å². The average molecular weight is 527 g/mol. The van der Waals surface area contributed by atoms with Crippen LogP contribution in [0.4, 0.5) is 13.2 Å². The molecule has 2 N–H and O–H groups in total. The number of fused-ring (bicyclic) bond motifs is 1. The second kappa shape index (κ2) is 11.3. The van der Waals surface area contributed by atoms with Crippen molar-refractivity contribution in [1.82, 2.24) is 10.2 Å². The zero-order valence-corrected chi connectivity index (χ0v) is 21.2. The van der Waals surface area contributed by atoms with Crippen molar-refractivity contribution in [3.8, 4) is 5.75 Å². The highest BCUT2D eigenvalue weighted by Crippen LogP contribution is 2.31. The number of nitrogens with one attached hydrogen (secondary N) is 1. The van der Waals surface area contributed by atoms with Crippen LogP contribution in [0, 0.1) is 5.82 Å². The Hall–Kier alpha value is -3.10. The van der Waals surface area contributed by atoms with E-state index in [2.05, 4.69) is 5.32 Å². The lowest BCUT2D eigenvalue weighted by molar-refractivity contribution is -0.148. The Morgan fingerprint density at radius 2 is 1.79 bits per heavy atom. The third-order valence-corrected chi connectivity index (χ3v) is 7.34. The Bertz CT molecular complexity index is 1270. The largest absolute Gasteiger partial charge is 0.487 e. The highest BCUT2D eigenvalue weighted by atomic mass is 19.3. The molecule has 1 amide bonds. The summed E-state index contributed by atoms with van der Waals surface area (Å²) in [6, 6.07) is 16.3. The van der Waals surface area contributed by atoms with Crippen LogP contribution in [0.15, 0.2) is 60.7 Å². The molecule has 1 aliphatic heterocycles. The lowest BCUT2D eigenvalue weighted by Gasteiger charge is -2.30. The molecule has 38 heavy (non-hydrogen) atoms. The van der Waals surface area contributed by atoms with E-state index in [-0.39, 0.29) is 30.4 Å². The first-order chi connectivity index (χ1) is 18.3. The molecule has 1 heterocycles. The summed E-state index contributed by atoms with van der Waals surface area (Å²) >= 11 is 0. The summed E-state index contributed by atoms with van der Waals surface area (Å²) in [5.41, 5.74) is 0.920. The van der Waals surface area contributed by atoms with Crippen LogP contribution in [-0.2, 0) is 11.2 Å². The van der Waals surface area contributed by atoms with Gasteiger partial charge in [-0.25, -0.2) is 4.39 Å². The van der Waals surface area contributed by atoms with E-state index >= 15 is 8.78 Å². The predicted molar refractivity (Wildman–Crippen MR) is 140 cm³/mol. The summed E-state index contributed by atoms with van der Waals surface area (Å²) in [6.07, 6.45) is 1.69. The van der Waals surface area contributed by atoms with E-state index < -0.39 is 36.2 Å². The maximum absolute atomic E-state index is 15.0. The van der Waals surface area contributed by atoms with Gasteiger partial charge in [0.2, 0.25) is 0 Å². The number of alkyl halides is 2. The van der Waals surface area contributed by atoms with E-state index in [1.54, 1.807) is 6.07 Å². The van der Waals surface area contributed by atoms with E-state index in [0.717, 1.165) is 55.6 Å². The smallest absolute Gasteiger partial charge is 0.324 e. The number of benzene rings is 3. The molecule has 5 rings (SSSR count). The quantitative estimate of drug-likeness (QED) is 0.351. The number of hydrogen-bond donors (Lipinski definition) is 2. The molecule has 5 nitrogen and oxygen atoms in total. The van der Waals surface area contributed by atoms with Crippen molar-refractivity contribution >= 4 is 16.7 Å². The van der Waals surface area contributed by atoms with Gasteiger partial charge >= 0.3 is 5.92 Å². The Morgan fingerprint density at radius 3 is 2.50 bits per heavy atom. The van der Waals surface area contributed by atoms with Crippen LogP contribution >= 0.6 is 0 Å². The SMILES string of the molecule is O=C(N[C@H](CN1CCCC1)[C@H](O)c1ccc(OC2CC2)c(F)c1)C(F)(F)CCc1ccc2ccccc2c1. The van der Waals surface area contributed by atoms with Gasteiger partial charge in [-0.3, -0.25) is 4.79 Å². The number of amides is 1. The molecule has 0 bridgehead atoms. The molecular weight excluding hydrogens is 493 g/mol. The maximum atomic E-state index is 15.0. The van der Waals surface area contributed by atoms with E-state index in [4.69, 9.17) is 4.74 Å². The van der Waals surface area contributed by atoms with Crippen molar-refractivity contribution in [3.05, 3.63) is 77.6 Å². The van der Waals surface area contributed by atoms with Crippen LogP contribution in [0.2, 0.25) is 0 Å². The number of halogens is 3. The fourth-order valence-corrected chi connectivity index (χ4v) is 4.95. The molecule has 2 aliphatic rings. The number of aliphatic hydroxyl groups is 1. The second-order valence-corrected chi connectivity index (χ2v) is 10.4. The number of likely N-dealkylation sites (tertiary alicyclic amines) is 1. The monoisotopic (exact) mass is 526 g/mol. The first-order valence-electron chi connectivity index (χ1n) is 13.3. The Morgan fingerprint density at radius 1 is 1.05 bits per heavy atom. The molecule has 2 fully saturated rings. The first kappa shape index (κ1) is 26.5. The van der Waals surface area contributed by atoms with Gasteiger partial charge in [-0.1, -0.05) is 48.5 Å². The first-order valence-corrected chi connectivity index (χ1v) is 13.3. The molecular formula is C30H33F3N2O3. The van der Waals surface area contributed by atoms with Crippen molar-refractivity contribution in [3.63, 3.8) is 0 Å². The van der Waals surface area contributed by atoms with Crippen LogP contribution in [0.3, 0.4) is 0 Å². The summed E-state index contributed by atoms with van der Waals surface area (Å²) in [4.78, 5) is 14.8. The van der Waals surface area contributed by atoms with Gasteiger partial charge in [-0.15, -0.1) is 0 Å². The summed E-state index contributed by atoms with van der Waals surface area (Å²) < 4.78 is 50.2. The number of hydrogen-bond acceptors (Lipinski definition) is 4. The minimum atomic E-state index is -3.64. The number of carbonyl (C=O) groups excluding carboxylic acids is 1. The molecule has 3 aromatic rings. The Labute approximate surface area is 220 Å². The lowest BCUT2D eigenvalue weighted by Crippen LogP contribution is -2.51. The molecule has 3 aromatic carbocycles. The van der Waals surface area contributed by atoms with Gasteiger partial charge in [-0.05, 0) is 79.2 Å². The maximum Gasteiger partial charge on any atom is 0.324 e. The molecule has 1 saturated carbocycles. The molecule has 1 aliphatic carbocycles. The van der Waals surface area contributed by atoms with Gasteiger partial charge in [-0.2, -0.15) is 8.78 Å². The summed E-state index contributed by atoms with van der Waals surface area (Å²) in [7, 11) is 0. The third kappa shape index (κ3) is 6.48. The summed E-state index contributed by atoms with van der Waals surface area (Å²) in [6.45, 7) is 1.69. The molecule has 1 saturated heterocycles. The molecule has 0 unspecified atom stereocenters. The van der Waals surface area contributed by atoms with E-state index in [0.29, 0.717) is 5.56 Å². The molecule has 202 valence electrons. The van der Waals surface area contributed by atoms with Gasteiger partial charge in [0.05, 0.1) is 12.1 Å². The van der Waals surface area contributed by atoms with Gasteiger partial charge < -0.3 is 20.1 Å². The van der Waals surface area contributed by atoms with Crippen LogP contribution in [0.25, 0.3) is 10.8 Å². The zero-order valence-electron chi connectivity index (χ0n) is 21.2. The third-order valence-electron chi connectivity index (χ3n) is 7.34. The number of nitrogens with zero attached hydrogens (tertiary/aromatic N) is 1. The minimum Gasteiger partial charge on any atom is -0.487 e. The molecule has 2 atom stereocenters. The number of rotatable bonds is 11. The van der Waals surface area contributed by atoms with Crippen LogP contribution in [0.1, 0.15) is 49.3 Å². The van der Waals surface area contributed by atoms with Gasteiger partial charge in [0.1, 0.15) is 6.10 Å². The number of aliphatic hydroxyl groups excluding tert-OH is 1. The van der Waals surface area contributed by atoms with E-state index in [9.17, 15) is 14.3 Å². The fraction of sp³-hybridized carbons (Fsp3) is 0.433. The van der Waals surface area contributed by atoms with Crippen LogP contribution in [-0.4, -0.2) is 53.6 Å². The normalized spacial score (nSPS) is 17.9. The lowest BCUT2D eigenvalue weighted by atomic mass is 9.99. The van der Waals surface area contributed by atoms with Crippen molar-refractivity contribution in [2.75, 3.05) is 19.6 Å². The Kier molecular flexibility index (Phi) is 7.91. The van der Waals surface area contributed by atoms with E-state index in [1.807, 2.05) is 41.3 Å². The van der Waals surface area contributed by atoms with Crippen molar-refractivity contribution in [2.24, 2.45) is 0 Å². The predicted octanol–water partition coefficient (Wildman–Crippen LogP) is 5.40. The molecule has 0 spiro atoms. The number of carbonyl (C=O) groups is 1. The van der Waals surface area contributed by atoms with Gasteiger partial charge in [0, 0.05) is 13.0 Å². The standard InChI is InChI=1S/C30H33F3N2O3/c31-25-18-23(9-12-27(25)38-24-10-11-24)28(36)26(19-35-15-3-4-16-35)34-29(37)30(32,33)14-13-20-7-8-21-5-1-2-6-22(21)17-20/h1-2,5-9,12,17-18,24,26,28,36H,3-4,10-11,13-16,19H2,(H,34,37)/t26-,28-/m1/s1. The fourth-order valence-electron chi connectivity index (χ4n) is 4.95. The van der Waals surface area contributed by atoms with E-state index in [1.165, 1.54) is 12.1 Å². The van der Waals surface area contributed by atoms with Crippen LogP contribution < -0.4 is 10.1 Å². The molecule has 8 heteroatoms. The number of ether oxygens (including phenoxy) is 1. The zero-order chi connectivity index (χ0) is 26.7. The van der Waals surface area contributed by atoms with Gasteiger partial charge in [0.15, 0.2) is 11.6 Å². The van der Waals surface area contributed by atoms with Crippen LogP contribution in [0.5, 0.6) is 5.75 Å². The summed E-state index contributed by atoms with van der Waals surface area (Å²) in [5, 5.41) is 15.4. The highest BCUT2D eigenvalue weighted by molar-refractivity contribution is 5.84. The van der Waals surface area contributed by atoms with Crippen molar-refractivity contribution in [1.29, 1.82) is 0 Å². The highest BCUT2D eigenvalue weighted by Gasteiger charge is 2.41. The number of aryl methyl sites for hydroxylation is 1.